The molecule has 0 aromatic heterocycles. The monoisotopic (exact) mass is 1110 g/mol. The topological polar surface area (TPSA) is 495 Å². The van der Waals surface area contributed by atoms with E-state index in [4.69, 9.17) is 97.4 Å². The third-order valence-electron chi connectivity index (χ3n) is 8.59. The van der Waals surface area contributed by atoms with Gasteiger partial charge in [-0.25, -0.2) is 30.2 Å². The van der Waals surface area contributed by atoms with Crippen molar-refractivity contribution in [1.29, 1.82) is 4.78 Å². The first-order valence-corrected chi connectivity index (χ1v) is 21.0. The number of aliphatic hydroxyl groups is 7. The Bertz CT molecular complexity index is 1800. The number of rotatable bonds is 14. The van der Waals surface area contributed by atoms with Crippen LogP contribution < -0.4 is 153 Å². The summed E-state index contributed by atoms with van der Waals surface area (Å²) in [6.07, 6.45) is -16.3. The molecule has 30 nitrogen and oxygen atoms in total. The van der Waals surface area contributed by atoms with Gasteiger partial charge in [-0.05, 0) is 23.9 Å². The molecule has 4 fully saturated rings. The molecule has 37 heteroatoms. The van der Waals surface area contributed by atoms with E-state index in [1.807, 2.05) is 30.3 Å². The van der Waals surface area contributed by atoms with Crippen LogP contribution in [0.15, 0.2) is 30.3 Å². The molecule has 4 aliphatic heterocycles. The first-order chi connectivity index (χ1) is 30.8. The zero-order chi connectivity index (χ0) is 50.4. The van der Waals surface area contributed by atoms with Crippen LogP contribution in [0.3, 0.4) is 0 Å². The number of carboxylic acids is 1. The maximum Gasteiger partial charge on any atom is 1.00 e. The van der Waals surface area contributed by atoms with Gasteiger partial charge in [0.25, 0.3) is 0 Å². The van der Waals surface area contributed by atoms with Gasteiger partial charge in [-0.2, -0.15) is 32.4 Å². The number of carboxylic acid groups (broad SMARTS) is 1. The van der Waals surface area contributed by atoms with Crippen LogP contribution in [0.2, 0.25) is 0 Å². The summed E-state index contributed by atoms with van der Waals surface area (Å²) in [6, 6.07) is 9.23. The molecule has 71 heavy (non-hydrogen) atoms. The quantitative estimate of drug-likeness (QED) is 0.0358. The third kappa shape index (κ3) is 33.6. The summed E-state index contributed by atoms with van der Waals surface area (Å²) in [5.41, 5.74) is 0.846. The maximum absolute atomic E-state index is 11.3. The number of carbonyl (C=O) groups excluding carboxylic acids is 5. The number of aliphatic hydroxyl groups excluding tert-OH is 7. The van der Waals surface area contributed by atoms with Crippen molar-refractivity contribution in [3.8, 4) is 0 Å². The second-order valence-electron chi connectivity index (χ2n) is 13.2. The Morgan fingerprint density at radius 3 is 1.70 bits per heavy atom. The van der Waals surface area contributed by atoms with E-state index >= 15 is 0 Å². The summed E-state index contributed by atoms with van der Waals surface area (Å²) in [5.74, 6) is -2.25. The molecule has 1 aromatic rings. The fourth-order valence-corrected chi connectivity index (χ4v) is 5.72. The predicted molar refractivity (Wildman–Crippen MR) is 195 cm³/mol. The van der Waals surface area contributed by atoms with Gasteiger partial charge in [0.2, 0.25) is 10.4 Å². The van der Waals surface area contributed by atoms with Gasteiger partial charge < -0.3 is 102 Å². The maximum atomic E-state index is 11.3. The molecule has 5 unspecified atom stereocenters. The molecule has 4 heterocycles. The minimum absolute atomic E-state index is 0. The van der Waals surface area contributed by atoms with Gasteiger partial charge in [-0.3, -0.25) is 4.55 Å². The molecule has 5 rings (SSSR count). The summed E-state index contributed by atoms with van der Waals surface area (Å²) in [5, 5.41) is 83.2. The van der Waals surface area contributed by atoms with Gasteiger partial charge in [-0.1, -0.05) is 43.4 Å². The fraction of sp³-hybridized carbons (Fsp3) is 0.618. The molecule has 10 N–H and O–H groups in total. The summed E-state index contributed by atoms with van der Waals surface area (Å²) in [7, 11) is -9.33. The fourth-order valence-electron chi connectivity index (χ4n) is 5.72. The van der Waals surface area contributed by atoms with Crippen LogP contribution in [-0.2, 0) is 93.9 Å². The number of benzene rings is 1. The summed E-state index contributed by atoms with van der Waals surface area (Å²) in [4.78, 5) is 43.4. The summed E-state index contributed by atoms with van der Waals surface area (Å²) in [6.45, 7) is 2.01. The largest absolute Gasteiger partial charge is 1.00 e. The smallest absolute Gasteiger partial charge is 0.743 e. The van der Waals surface area contributed by atoms with Crippen LogP contribution in [0.5, 0.6) is 0 Å². The van der Waals surface area contributed by atoms with Crippen molar-refractivity contribution in [3.05, 3.63) is 62.0 Å². The first-order valence-electron chi connectivity index (χ1n) is 18.2. The number of ether oxygens (including phenoxy) is 9. The first kappa shape index (κ1) is 81.4. The second-order valence-corrected chi connectivity index (χ2v) is 15.1. The molecule has 4 aliphatic rings. The molecule has 17 atom stereocenters. The van der Waals surface area contributed by atoms with Crippen LogP contribution in [0.4, 0.5) is 0 Å². The Morgan fingerprint density at radius 1 is 0.704 bits per heavy atom. The molecule has 0 aliphatic carbocycles. The standard InChI is InChI=1S/C32H44O18.2CO2.H3NO3S.5Na.H2O4S/c1-15-26(38)30(50-32-29(41)28(40)22(13-45-32)47-25-7-17(35)27(39)19(9-33)46-25)20(10-34)48-31(15)49-21-12-43-24(44-14-23(36)37)8-18(21)42-11-16-5-3-2-4-6-16;2*2-1-3;1-5(2,3)4;;;;;;1-5(2,3)4/h2-8,12-13,15,17-22,24-35,38-41H,9-11,14H2,1H3,(H,36,37);;;(H3,1,2,3,4);;;;;;(H2,1,2,3,4)/q-4;;;;5*+1;/p-3/t15?,17-,18+,19?,20?,21-,22-,24+,25+,26-,27+,28-,29?,30-,31-,32+;;;;;;;;;/m1........./s1. The Balaban J connectivity index is -0.000000605. The molecule has 0 saturated carbocycles. The van der Waals surface area contributed by atoms with E-state index in [9.17, 15) is 45.6 Å². The van der Waals surface area contributed by atoms with Gasteiger partial charge in [-0.15, -0.1) is 0 Å². The molecule has 380 valence electrons. The molecule has 0 radical (unpaired) electrons. The van der Waals surface area contributed by atoms with Crippen LogP contribution in [0.25, 0.3) is 0 Å². The average molecular weight is 1110 g/mol. The number of carbonyl (C=O) groups is 1. The van der Waals surface area contributed by atoms with Gasteiger partial charge in [0.15, 0.2) is 12.6 Å². The van der Waals surface area contributed by atoms with Crippen molar-refractivity contribution in [3.63, 3.8) is 0 Å². The Labute approximate surface area is 517 Å². The number of hydrogen-bond donors (Lipinski definition) is 10. The van der Waals surface area contributed by atoms with Crippen molar-refractivity contribution < 1.29 is 286 Å². The number of hydrogen-bond acceptors (Lipinski definition) is 28. The van der Waals surface area contributed by atoms with E-state index in [-0.39, 0.29) is 167 Å². The van der Waals surface area contributed by atoms with E-state index in [1.165, 1.54) is 13.0 Å². The normalized spacial score (nSPS) is 32.6. The summed E-state index contributed by atoms with van der Waals surface area (Å²) >= 11 is 0. The van der Waals surface area contributed by atoms with Crippen LogP contribution in [-0.4, -0.2) is 197 Å². The van der Waals surface area contributed by atoms with Crippen molar-refractivity contribution in [2.75, 3.05) is 19.8 Å². The molecule has 0 spiro atoms. The van der Waals surface area contributed by atoms with Crippen molar-refractivity contribution in [2.24, 2.45) is 5.92 Å². The van der Waals surface area contributed by atoms with Crippen LogP contribution >= 0.6 is 0 Å². The van der Waals surface area contributed by atoms with Gasteiger partial charge in [0.05, 0.1) is 61.0 Å². The SMILES string of the molecule is CC1[C@@H](O[C@@H]2[CH-]O[C@@H](OCC(=O)[O-])[CH-][C@@H]2OCc2ccccc2)OC(CO)[C@@H](O[C@@H]2O[CH-][C@@H](O[C@H]3[CH-][C@@H](O)[C@H](O)C(CO)O3)[C@@H](O)C2O)[C@@H]1O.N=S(=O)([O-])O.O=C=O.O=C=O.O=S(=O)([O-])O.[Na+].[Na+].[Na+].[Na+].[Na+]. The molecule has 0 amide bonds. The van der Waals surface area contributed by atoms with E-state index in [0.717, 1.165) is 18.6 Å². The number of nitrogens with one attached hydrogen (secondary N) is 1. The molecule has 0 bridgehead atoms. The minimum Gasteiger partial charge on any atom is -0.743 e. The van der Waals surface area contributed by atoms with Crippen LogP contribution in [0.1, 0.15) is 12.5 Å². The van der Waals surface area contributed by atoms with Gasteiger partial charge in [0.1, 0.15) is 24.4 Å². The van der Waals surface area contributed by atoms with E-state index in [2.05, 4.69) is 0 Å². The zero-order valence-corrected chi connectivity index (χ0v) is 50.4. The van der Waals surface area contributed by atoms with E-state index in [0.29, 0.717) is 0 Å². The molecule has 4 saturated heterocycles. The minimum atomic E-state index is -4.92. The third-order valence-corrected chi connectivity index (χ3v) is 8.59. The van der Waals surface area contributed by atoms with Crippen molar-refractivity contribution in [1.82, 2.24) is 0 Å². The average Bonchev–Trinajstić information content (AvgIpc) is 3.23. The van der Waals surface area contributed by atoms with E-state index < -0.39 is 145 Å². The Kier molecular flexibility index (Phi) is 48.7. The van der Waals surface area contributed by atoms with E-state index in [1.54, 1.807) is 6.92 Å². The molecular weight excluding hydrogens is 1070 g/mol. The Hall–Kier alpha value is 1.55. The van der Waals surface area contributed by atoms with Gasteiger partial charge in [0, 0.05) is 18.5 Å². The van der Waals surface area contributed by atoms with Crippen molar-refractivity contribution in [2.45, 2.75) is 106 Å². The molecular formula is C34H46NNa5O29S2-2. The van der Waals surface area contributed by atoms with Crippen molar-refractivity contribution >= 4 is 39.0 Å². The Morgan fingerprint density at radius 2 is 1.21 bits per heavy atom. The van der Waals surface area contributed by atoms with Crippen LogP contribution in [0, 0.1) is 36.8 Å². The predicted octanol–water partition coefficient (Wildman–Crippen LogP) is -21.7. The van der Waals surface area contributed by atoms with Gasteiger partial charge >= 0.3 is 160 Å². The number of aliphatic carboxylic acids is 1. The second kappa shape index (κ2) is 42.5. The zero-order valence-electron chi connectivity index (χ0n) is 38.8. The summed E-state index contributed by atoms with van der Waals surface area (Å²) < 4.78 is 114. The molecule has 1 aromatic carbocycles.